The number of anilines is 2. The zero-order chi connectivity index (χ0) is 20.8. The van der Waals surface area contributed by atoms with E-state index >= 15 is 0 Å². The van der Waals surface area contributed by atoms with Crippen LogP contribution < -0.4 is 10.2 Å². The maximum Gasteiger partial charge on any atom is 0.306 e. The Hall–Kier alpha value is -3.32. The van der Waals surface area contributed by atoms with Crippen LogP contribution in [0.2, 0.25) is 0 Å². The summed E-state index contributed by atoms with van der Waals surface area (Å²) in [5.41, 5.74) is 3.87. The van der Waals surface area contributed by atoms with E-state index in [9.17, 15) is 9.59 Å². The largest absolute Gasteiger partial charge is 0.456 e. The van der Waals surface area contributed by atoms with E-state index in [1.165, 1.54) is 0 Å². The molecule has 4 rings (SSSR count). The van der Waals surface area contributed by atoms with Crippen molar-refractivity contribution in [3.8, 4) is 0 Å². The molecule has 1 aliphatic heterocycles. The van der Waals surface area contributed by atoms with Gasteiger partial charge in [0, 0.05) is 48.0 Å². The molecular weight excluding hydrogens is 382 g/mol. The molecule has 1 aromatic heterocycles. The van der Waals surface area contributed by atoms with E-state index in [4.69, 9.17) is 9.47 Å². The number of amides is 1. The first-order chi connectivity index (χ1) is 14.7. The first kappa shape index (κ1) is 20.0. The van der Waals surface area contributed by atoms with Crippen molar-refractivity contribution in [2.24, 2.45) is 0 Å². The van der Waals surface area contributed by atoms with Crippen molar-refractivity contribution < 1.29 is 19.1 Å². The molecule has 3 aromatic rings. The van der Waals surface area contributed by atoms with Crippen molar-refractivity contribution in [3.63, 3.8) is 0 Å². The number of para-hydroxylation sites is 1. The van der Waals surface area contributed by atoms with Crippen LogP contribution in [0.4, 0.5) is 11.4 Å². The number of carbonyl (C=O) groups excluding carboxylic acids is 2. The van der Waals surface area contributed by atoms with Crippen LogP contribution in [0.3, 0.4) is 0 Å². The molecule has 0 atom stereocenters. The monoisotopic (exact) mass is 407 g/mol. The number of nitrogens with zero attached hydrogens (tertiary/aromatic N) is 1. The molecule has 2 heterocycles. The summed E-state index contributed by atoms with van der Waals surface area (Å²) in [5.74, 6) is -0.743. The highest BCUT2D eigenvalue weighted by Crippen LogP contribution is 2.20. The molecule has 0 unspecified atom stereocenters. The van der Waals surface area contributed by atoms with Crippen molar-refractivity contribution in [1.29, 1.82) is 0 Å². The van der Waals surface area contributed by atoms with Crippen LogP contribution in [-0.4, -0.2) is 49.8 Å². The minimum Gasteiger partial charge on any atom is -0.456 e. The Morgan fingerprint density at radius 1 is 1.07 bits per heavy atom. The van der Waals surface area contributed by atoms with Gasteiger partial charge in [-0.15, -0.1) is 0 Å². The summed E-state index contributed by atoms with van der Waals surface area (Å²) in [6.07, 6.45) is 2.70. The summed E-state index contributed by atoms with van der Waals surface area (Å²) < 4.78 is 10.5. The Balaban J connectivity index is 1.21. The molecular formula is C23H25N3O4. The second-order valence-electron chi connectivity index (χ2n) is 7.21. The summed E-state index contributed by atoms with van der Waals surface area (Å²) in [7, 11) is 0. The number of benzene rings is 2. The highest BCUT2D eigenvalue weighted by molar-refractivity contribution is 5.93. The van der Waals surface area contributed by atoms with Gasteiger partial charge in [0.2, 0.25) is 0 Å². The number of aryl methyl sites for hydroxylation is 1. The van der Waals surface area contributed by atoms with Gasteiger partial charge in [-0.1, -0.05) is 18.2 Å². The summed E-state index contributed by atoms with van der Waals surface area (Å²) in [5, 5.41) is 3.86. The molecule has 1 amide bonds. The predicted octanol–water partition coefficient (Wildman–Crippen LogP) is 3.12. The van der Waals surface area contributed by atoms with Gasteiger partial charge in [-0.3, -0.25) is 9.59 Å². The van der Waals surface area contributed by atoms with E-state index in [2.05, 4.69) is 15.2 Å². The SMILES string of the molecule is O=C(COC(=O)CCc1c[nH]c2ccccc12)Nc1ccc(N2CCOCC2)cc1. The van der Waals surface area contributed by atoms with E-state index < -0.39 is 5.97 Å². The first-order valence-electron chi connectivity index (χ1n) is 10.1. The summed E-state index contributed by atoms with van der Waals surface area (Å²) >= 11 is 0. The predicted molar refractivity (Wildman–Crippen MR) is 116 cm³/mol. The number of aromatic nitrogens is 1. The summed E-state index contributed by atoms with van der Waals surface area (Å²) in [4.78, 5) is 29.5. The van der Waals surface area contributed by atoms with Crippen molar-refractivity contribution in [2.75, 3.05) is 43.1 Å². The average Bonchev–Trinajstić information content (AvgIpc) is 3.20. The Morgan fingerprint density at radius 3 is 2.63 bits per heavy atom. The van der Waals surface area contributed by atoms with Crippen molar-refractivity contribution in [3.05, 3.63) is 60.3 Å². The molecule has 30 heavy (non-hydrogen) atoms. The number of morpholine rings is 1. The number of hydrogen-bond acceptors (Lipinski definition) is 5. The quantitative estimate of drug-likeness (QED) is 0.588. The number of ether oxygens (including phenoxy) is 2. The lowest BCUT2D eigenvalue weighted by molar-refractivity contribution is -0.147. The smallest absolute Gasteiger partial charge is 0.306 e. The van der Waals surface area contributed by atoms with Gasteiger partial charge in [-0.2, -0.15) is 0 Å². The molecule has 0 radical (unpaired) electrons. The Bertz CT molecular complexity index is 1010. The van der Waals surface area contributed by atoms with Crippen LogP contribution in [0.5, 0.6) is 0 Å². The standard InChI is InChI=1S/C23H25N3O4/c27-22(25-18-6-8-19(9-7-18)26-11-13-29-14-12-26)16-30-23(28)10-5-17-15-24-21-4-2-1-3-20(17)21/h1-4,6-9,15,24H,5,10-14,16H2,(H,25,27). The number of aromatic amines is 1. The molecule has 7 nitrogen and oxygen atoms in total. The maximum absolute atomic E-state index is 12.1. The minimum atomic E-state index is -0.391. The van der Waals surface area contributed by atoms with E-state index in [-0.39, 0.29) is 18.9 Å². The molecule has 1 fully saturated rings. The summed E-state index contributed by atoms with van der Waals surface area (Å²) in [6, 6.07) is 15.6. The maximum atomic E-state index is 12.1. The van der Waals surface area contributed by atoms with E-state index in [1.54, 1.807) is 0 Å². The molecule has 0 bridgehead atoms. The van der Waals surface area contributed by atoms with E-state index in [0.717, 1.165) is 48.5 Å². The number of esters is 1. The third kappa shape index (κ3) is 4.99. The van der Waals surface area contributed by atoms with Gasteiger partial charge in [-0.25, -0.2) is 0 Å². The number of fused-ring (bicyclic) bond motifs is 1. The van der Waals surface area contributed by atoms with E-state index in [1.807, 2.05) is 54.7 Å². The number of nitrogens with one attached hydrogen (secondary N) is 2. The van der Waals surface area contributed by atoms with Gasteiger partial charge in [0.05, 0.1) is 13.2 Å². The molecule has 1 saturated heterocycles. The molecule has 2 aromatic carbocycles. The van der Waals surface area contributed by atoms with Gasteiger partial charge < -0.3 is 24.7 Å². The second kappa shape index (κ2) is 9.45. The van der Waals surface area contributed by atoms with Crippen molar-refractivity contribution >= 4 is 34.2 Å². The Kier molecular flexibility index (Phi) is 6.29. The topological polar surface area (TPSA) is 83.7 Å². The van der Waals surface area contributed by atoms with Crippen LogP contribution in [0, 0.1) is 0 Å². The highest BCUT2D eigenvalue weighted by atomic mass is 16.5. The molecule has 0 saturated carbocycles. The fourth-order valence-electron chi connectivity index (χ4n) is 3.57. The fourth-order valence-corrected chi connectivity index (χ4v) is 3.57. The zero-order valence-corrected chi connectivity index (χ0v) is 16.7. The average molecular weight is 407 g/mol. The molecule has 7 heteroatoms. The van der Waals surface area contributed by atoms with Gasteiger partial charge in [0.25, 0.3) is 5.91 Å². The van der Waals surface area contributed by atoms with Gasteiger partial charge in [0.1, 0.15) is 0 Å². The molecule has 0 aliphatic carbocycles. The second-order valence-corrected chi connectivity index (χ2v) is 7.21. The highest BCUT2D eigenvalue weighted by Gasteiger charge is 2.12. The van der Waals surface area contributed by atoms with Crippen molar-refractivity contribution in [2.45, 2.75) is 12.8 Å². The van der Waals surface area contributed by atoms with Crippen LogP contribution in [0.1, 0.15) is 12.0 Å². The third-order valence-corrected chi connectivity index (χ3v) is 5.16. The van der Waals surface area contributed by atoms with Gasteiger partial charge >= 0.3 is 5.97 Å². The van der Waals surface area contributed by atoms with Gasteiger partial charge in [-0.05, 0) is 42.3 Å². The fraction of sp³-hybridized carbons (Fsp3) is 0.304. The van der Waals surface area contributed by atoms with Crippen LogP contribution in [-0.2, 0) is 25.5 Å². The minimum absolute atomic E-state index is 0.226. The van der Waals surface area contributed by atoms with Crippen LogP contribution >= 0.6 is 0 Å². The molecule has 1 aliphatic rings. The number of hydrogen-bond donors (Lipinski definition) is 2. The van der Waals surface area contributed by atoms with Crippen LogP contribution in [0.25, 0.3) is 10.9 Å². The lowest BCUT2D eigenvalue weighted by Crippen LogP contribution is -2.36. The summed E-state index contributed by atoms with van der Waals surface area (Å²) in [6.45, 7) is 2.88. The number of H-pyrrole nitrogens is 1. The van der Waals surface area contributed by atoms with Crippen molar-refractivity contribution in [1.82, 2.24) is 4.98 Å². The lowest BCUT2D eigenvalue weighted by Gasteiger charge is -2.28. The zero-order valence-electron chi connectivity index (χ0n) is 16.7. The normalized spacial score (nSPS) is 13.9. The van der Waals surface area contributed by atoms with Crippen LogP contribution in [0.15, 0.2) is 54.7 Å². The molecule has 0 spiro atoms. The third-order valence-electron chi connectivity index (χ3n) is 5.16. The lowest BCUT2D eigenvalue weighted by atomic mass is 10.1. The van der Waals surface area contributed by atoms with E-state index in [0.29, 0.717) is 12.1 Å². The first-order valence-corrected chi connectivity index (χ1v) is 10.1. The molecule has 156 valence electrons. The Labute approximate surface area is 175 Å². The molecule has 2 N–H and O–H groups in total. The Morgan fingerprint density at radius 2 is 1.83 bits per heavy atom. The van der Waals surface area contributed by atoms with Gasteiger partial charge in [0.15, 0.2) is 6.61 Å². The number of rotatable bonds is 7. The number of carbonyl (C=O) groups is 2.